The van der Waals surface area contributed by atoms with Gasteiger partial charge in [-0.2, -0.15) is 0 Å². The maximum atomic E-state index is 7.16. The predicted octanol–water partition coefficient (Wildman–Crippen LogP) is 11.2. The Kier molecular flexibility index (Phi) is 4.91. The number of benzene rings is 7. The van der Waals surface area contributed by atoms with Crippen molar-refractivity contribution < 1.29 is 4.42 Å². The van der Waals surface area contributed by atoms with Crippen LogP contribution in [0.2, 0.25) is 5.02 Å². The number of para-hydroxylation sites is 1. The molecular weight excluding hydrogens is 498 g/mol. The number of halogens is 1. The minimum Gasteiger partial charge on any atom is -0.455 e. The fourth-order valence-electron chi connectivity index (χ4n) is 5.96. The Bertz CT molecular complexity index is 2200. The molecule has 0 N–H and O–H groups in total. The summed E-state index contributed by atoms with van der Waals surface area (Å²) in [5.41, 5.74) is 4.70. The molecule has 0 amide bonds. The Hall–Kier alpha value is -4.79. The van der Waals surface area contributed by atoms with E-state index in [-0.39, 0.29) is 0 Å². The van der Waals surface area contributed by atoms with E-state index in [0.29, 0.717) is 5.02 Å². The number of hydrogen-bond acceptors (Lipinski definition) is 2. The van der Waals surface area contributed by atoms with Crippen LogP contribution in [0, 0.1) is 0 Å². The third-order valence-electron chi connectivity index (χ3n) is 7.68. The molecule has 3 heteroatoms. The Balaban J connectivity index is 1.54. The molecule has 0 fully saturated rings. The maximum absolute atomic E-state index is 7.16. The van der Waals surface area contributed by atoms with E-state index in [1.54, 1.807) is 0 Å². The van der Waals surface area contributed by atoms with Crippen molar-refractivity contribution in [3.05, 3.63) is 138 Å². The van der Waals surface area contributed by atoms with Crippen LogP contribution in [0.5, 0.6) is 0 Å². The van der Waals surface area contributed by atoms with Gasteiger partial charge >= 0.3 is 0 Å². The van der Waals surface area contributed by atoms with Gasteiger partial charge in [-0.1, -0.05) is 109 Å². The van der Waals surface area contributed by atoms with Crippen LogP contribution in [0.4, 0.5) is 17.1 Å². The molecule has 184 valence electrons. The number of furan rings is 1. The second-order valence-electron chi connectivity index (χ2n) is 9.87. The molecule has 0 saturated carbocycles. The second-order valence-corrected chi connectivity index (χ2v) is 10.3. The van der Waals surface area contributed by atoms with Gasteiger partial charge in [0.2, 0.25) is 0 Å². The quantitative estimate of drug-likeness (QED) is 0.216. The van der Waals surface area contributed by atoms with Gasteiger partial charge in [0.05, 0.1) is 21.8 Å². The van der Waals surface area contributed by atoms with Gasteiger partial charge in [0.25, 0.3) is 0 Å². The van der Waals surface area contributed by atoms with E-state index in [9.17, 15) is 0 Å². The Morgan fingerprint density at radius 2 is 1.18 bits per heavy atom. The average Bonchev–Trinajstić information content (AvgIpc) is 3.38. The molecule has 0 spiro atoms. The van der Waals surface area contributed by atoms with Crippen molar-refractivity contribution in [2.24, 2.45) is 0 Å². The third-order valence-corrected chi connectivity index (χ3v) is 7.98. The van der Waals surface area contributed by atoms with E-state index in [1.165, 1.54) is 16.2 Å². The molecule has 1 heterocycles. The van der Waals surface area contributed by atoms with Crippen LogP contribution in [0.15, 0.2) is 138 Å². The number of anilines is 3. The Labute approximate surface area is 230 Å². The van der Waals surface area contributed by atoms with Crippen LogP contribution in [0.25, 0.3) is 54.3 Å². The minimum atomic E-state index is 0.666. The van der Waals surface area contributed by atoms with E-state index < -0.39 is 0 Å². The Morgan fingerprint density at radius 1 is 0.513 bits per heavy atom. The standard InChI is InChI=1S/C36H22ClNO/c37-31-20-21-33-34(30-19-18-23-10-4-7-15-27(23)36(30)39-33)35(31)38(25-12-2-1-3-13-25)32-22-24-11-5-6-14-26(24)28-16-8-9-17-29(28)32/h1-22H. The van der Waals surface area contributed by atoms with Crippen molar-refractivity contribution in [3.8, 4) is 0 Å². The fraction of sp³-hybridized carbons (Fsp3) is 0. The number of rotatable bonds is 3. The van der Waals surface area contributed by atoms with Crippen molar-refractivity contribution in [2.45, 2.75) is 0 Å². The van der Waals surface area contributed by atoms with Gasteiger partial charge in [0, 0.05) is 21.8 Å². The molecule has 39 heavy (non-hydrogen) atoms. The SMILES string of the molecule is Clc1ccc2oc3c4ccccc4ccc3c2c1N(c1ccccc1)c1cc2ccccc2c2ccccc12. The average molecular weight is 520 g/mol. The molecule has 7 aromatic carbocycles. The van der Waals surface area contributed by atoms with Crippen molar-refractivity contribution in [2.75, 3.05) is 4.90 Å². The summed E-state index contributed by atoms with van der Waals surface area (Å²) in [6, 6.07) is 46.5. The number of fused-ring (bicyclic) bond motifs is 8. The smallest absolute Gasteiger partial charge is 0.143 e. The summed E-state index contributed by atoms with van der Waals surface area (Å²) >= 11 is 7.16. The van der Waals surface area contributed by atoms with Crippen LogP contribution in [-0.2, 0) is 0 Å². The van der Waals surface area contributed by atoms with E-state index in [1.807, 2.05) is 18.2 Å². The van der Waals surface area contributed by atoms with E-state index in [4.69, 9.17) is 16.0 Å². The first kappa shape index (κ1) is 22.2. The van der Waals surface area contributed by atoms with E-state index >= 15 is 0 Å². The number of nitrogens with zero attached hydrogens (tertiary/aromatic N) is 1. The summed E-state index contributed by atoms with van der Waals surface area (Å²) in [4.78, 5) is 2.30. The summed E-state index contributed by atoms with van der Waals surface area (Å²) in [7, 11) is 0. The Morgan fingerprint density at radius 3 is 2.00 bits per heavy atom. The van der Waals surface area contributed by atoms with Crippen LogP contribution in [0.1, 0.15) is 0 Å². The number of hydrogen-bond donors (Lipinski definition) is 0. The molecule has 1 aromatic heterocycles. The zero-order valence-electron chi connectivity index (χ0n) is 20.9. The molecular formula is C36H22ClNO. The maximum Gasteiger partial charge on any atom is 0.143 e. The van der Waals surface area contributed by atoms with Gasteiger partial charge in [-0.25, -0.2) is 0 Å². The van der Waals surface area contributed by atoms with Crippen LogP contribution in [-0.4, -0.2) is 0 Å². The molecule has 0 saturated heterocycles. The summed E-state index contributed by atoms with van der Waals surface area (Å²) in [5.74, 6) is 0. The molecule has 0 bridgehead atoms. The van der Waals surface area contributed by atoms with E-state index in [0.717, 1.165) is 55.2 Å². The molecule has 8 rings (SSSR count). The lowest BCUT2D eigenvalue weighted by Gasteiger charge is -2.29. The van der Waals surface area contributed by atoms with Gasteiger partial charge in [-0.3, -0.25) is 0 Å². The normalized spacial score (nSPS) is 11.7. The zero-order valence-corrected chi connectivity index (χ0v) is 21.7. The first-order valence-corrected chi connectivity index (χ1v) is 13.4. The molecule has 8 aromatic rings. The highest BCUT2D eigenvalue weighted by Crippen LogP contribution is 2.49. The third kappa shape index (κ3) is 3.35. The minimum absolute atomic E-state index is 0.666. The van der Waals surface area contributed by atoms with Crippen molar-refractivity contribution in [1.29, 1.82) is 0 Å². The van der Waals surface area contributed by atoms with E-state index in [2.05, 4.69) is 120 Å². The molecule has 0 radical (unpaired) electrons. The topological polar surface area (TPSA) is 16.4 Å². The molecule has 0 aliphatic rings. The highest BCUT2D eigenvalue weighted by atomic mass is 35.5. The first-order valence-electron chi connectivity index (χ1n) is 13.1. The van der Waals surface area contributed by atoms with Crippen LogP contribution >= 0.6 is 11.6 Å². The predicted molar refractivity (Wildman–Crippen MR) is 166 cm³/mol. The summed E-state index contributed by atoms with van der Waals surface area (Å²) < 4.78 is 6.56. The summed E-state index contributed by atoms with van der Waals surface area (Å²) in [6.45, 7) is 0. The largest absolute Gasteiger partial charge is 0.455 e. The molecule has 0 aliphatic heterocycles. The van der Waals surface area contributed by atoms with Crippen LogP contribution < -0.4 is 4.90 Å². The van der Waals surface area contributed by atoms with Gasteiger partial charge in [0.1, 0.15) is 11.2 Å². The highest BCUT2D eigenvalue weighted by molar-refractivity contribution is 6.37. The molecule has 2 nitrogen and oxygen atoms in total. The summed E-state index contributed by atoms with van der Waals surface area (Å²) in [6.07, 6.45) is 0. The van der Waals surface area contributed by atoms with Gasteiger partial charge in [-0.15, -0.1) is 0 Å². The monoisotopic (exact) mass is 519 g/mol. The van der Waals surface area contributed by atoms with Crippen molar-refractivity contribution in [1.82, 2.24) is 0 Å². The van der Waals surface area contributed by atoms with Gasteiger partial charge in [0.15, 0.2) is 0 Å². The van der Waals surface area contributed by atoms with Gasteiger partial charge in [-0.05, 0) is 57.9 Å². The van der Waals surface area contributed by atoms with Crippen molar-refractivity contribution >= 4 is 82.9 Å². The lowest BCUT2D eigenvalue weighted by Crippen LogP contribution is -2.11. The van der Waals surface area contributed by atoms with Crippen molar-refractivity contribution in [3.63, 3.8) is 0 Å². The second kappa shape index (κ2) is 8.62. The molecule has 0 unspecified atom stereocenters. The zero-order chi connectivity index (χ0) is 25.9. The molecule has 0 aliphatic carbocycles. The fourth-order valence-corrected chi connectivity index (χ4v) is 6.20. The van der Waals surface area contributed by atoms with Gasteiger partial charge < -0.3 is 9.32 Å². The molecule has 0 atom stereocenters. The highest BCUT2D eigenvalue weighted by Gasteiger charge is 2.24. The van der Waals surface area contributed by atoms with Crippen LogP contribution in [0.3, 0.4) is 0 Å². The summed E-state index contributed by atoms with van der Waals surface area (Å²) in [5, 5.41) is 9.74. The lowest BCUT2D eigenvalue weighted by molar-refractivity contribution is 0.672. The lowest BCUT2D eigenvalue weighted by atomic mass is 9.98. The first-order chi connectivity index (χ1) is 19.3.